The Bertz CT molecular complexity index is 634. The summed E-state index contributed by atoms with van der Waals surface area (Å²) in [5.41, 5.74) is 2.61. The van der Waals surface area contributed by atoms with E-state index in [1.807, 2.05) is 12.1 Å². The van der Waals surface area contributed by atoms with E-state index in [2.05, 4.69) is 31.0 Å². The summed E-state index contributed by atoms with van der Waals surface area (Å²) in [7, 11) is 0. The molecule has 2 fully saturated rings. The van der Waals surface area contributed by atoms with E-state index >= 15 is 0 Å². The predicted octanol–water partition coefficient (Wildman–Crippen LogP) is 5.61. The average molecular weight is 323 g/mol. The van der Waals surface area contributed by atoms with Crippen LogP contribution in [-0.4, -0.2) is 11.9 Å². The van der Waals surface area contributed by atoms with Crippen molar-refractivity contribution in [1.82, 2.24) is 0 Å². The van der Waals surface area contributed by atoms with E-state index in [9.17, 15) is 0 Å². The van der Waals surface area contributed by atoms with Crippen molar-refractivity contribution >= 4 is 35.1 Å². The summed E-state index contributed by atoms with van der Waals surface area (Å²) in [6.45, 7) is 7.07. The summed E-state index contributed by atoms with van der Waals surface area (Å²) >= 11 is 12.0. The van der Waals surface area contributed by atoms with Crippen molar-refractivity contribution in [3.63, 3.8) is 0 Å². The average Bonchev–Trinajstić information content (AvgIpc) is 2.74. The van der Waals surface area contributed by atoms with Gasteiger partial charge in [-0.3, -0.25) is 0 Å². The Morgan fingerprint density at radius 3 is 2.57 bits per heavy atom. The van der Waals surface area contributed by atoms with Gasteiger partial charge in [-0.1, -0.05) is 50.0 Å². The standard InChI is InChI=1S/C17H20Cl2N2/c1-16(2)12-6-7-17(16,3)15(8-12)21-20-10-11-4-5-13(18)9-14(11)19/h4-5,9-10,12H,6-8H2,1-3H3/t12-,17+/m0/s1. The highest BCUT2D eigenvalue weighted by molar-refractivity contribution is 6.36. The lowest BCUT2D eigenvalue weighted by atomic mass is 9.70. The van der Waals surface area contributed by atoms with Crippen molar-refractivity contribution in [3.8, 4) is 0 Å². The Kier molecular flexibility index (Phi) is 3.66. The highest BCUT2D eigenvalue weighted by atomic mass is 35.5. The summed E-state index contributed by atoms with van der Waals surface area (Å²) in [4.78, 5) is 0. The predicted molar refractivity (Wildman–Crippen MR) is 90.7 cm³/mol. The number of fused-ring (bicyclic) bond motifs is 2. The van der Waals surface area contributed by atoms with Crippen molar-refractivity contribution in [2.45, 2.75) is 40.0 Å². The van der Waals surface area contributed by atoms with Gasteiger partial charge < -0.3 is 0 Å². The SMILES string of the molecule is CC1(C)[C@H]2CC[C@]1(C)C(=NN=Cc1ccc(Cl)cc1Cl)C2. The normalized spacial score (nSPS) is 32.4. The second-order valence-corrected chi connectivity index (χ2v) is 7.79. The second-order valence-electron chi connectivity index (χ2n) is 6.95. The number of hydrogen-bond acceptors (Lipinski definition) is 2. The number of hydrogen-bond donors (Lipinski definition) is 0. The van der Waals surface area contributed by atoms with Gasteiger partial charge in [0.15, 0.2) is 0 Å². The third-order valence-corrected chi connectivity index (χ3v) is 6.41. The van der Waals surface area contributed by atoms with E-state index in [1.54, 1.807) is 12.3 Å². The fourth-order valence-electron chi connectivity index (χ4n) is 3.85. The Morgan fingerprint density at radius 1 is 1.24 bits per heavy atom. The first-order valence-electron chi connectivity index (χ1n) is 7.40. The van der Waals surface area contributed by atoms with Gasteiger partial charge in [0.05, 0.1) is 11.2 Å². The molecule has 2 aliphatic rings. The maximum absolute atomic E-state index is 6.14. The Balaban J connectivity index is 1.83. The molecule has 0 spiro atoms. The van der Waals surface area contributed by atoms with Crippen LogP contribution in [0.4, 0.5) is 0 Å². The number of rotatable bonds is 2. The molecule has 2 nitrogen and oxygen atoms in total. The summed E-state index contributed by atoms with van der Waals surface area (Å²) in [6, 6.07) is 5.39. The first-order valence-corrected chi connectivity index (χ1v) is 8.15. The third-order valence-electron chi connectivity index (χ3n) is 5.85. The fraction of sp³-hybridized carbons (Fsp3) is 0.529. The Hall–Kier alpha value is -0.860. The molecule has 0 saturated heterocycles. The van der Waals surface area contributed by atoms with Gasteiger partial charge in [0.25, 0.3) is 0 Å². The van der Waals surface area contributed by atoms with Crippen LogP contribution < -0.4 is 0 Å². The van der Waals surface area contributed by atoms with Gasteiger partial charge in [0.1, 0.15) is 0 Å². The van der Waals surface area contributed by atoms with Gasteiger partial charge in [0, 0.05) is 21.7 Å². The van der Waals surface area contributed by atoms with Crippen molar-refractivity contribution in [1.29, 1.82) is 0 Å². The molecule has 0 amide bonds. The zero-order chi connectivity index (χ0) is 15.3. The minimum Gasteiger partial charge on any atom is -0.160 e. The highest BCUT2D eigenvalue weighted by Crippen LogP contribution is 2.63. The molecule has 2 aliphatic carbocycles. The minimum atomic E-state index is 0.193. The van der Waals surface area contributed by atoms with Crippen LogP contribution in [0.15, 0.2) is 28.4 Å². The molecule has 21 heavy (non-hydrogen) atoms. The van der Waals surface area contributed by atoms with Crippen molar-refractivity contribution in [2.24, 2.45) is 27.0 Å². The van der Waals surface area contributed by atoms with Crippen molar-refractivity contribution < 1.29 is 0 Å². The highest BCUT2D eigenvalue weighted by Gasteiger charge is 2.59. The maximum Gasteiger partial charge on any atom is 0.0583 e. The lowest BCUT2D eigenvalue weighted by molar-refractivity contribution is 0.194. The van der Waals surface area contributed by atoms with Gasteiger partial charge in [0.2, 0.25) is 0 Å². The number of benzene rings is 1. The van der Waals surface area contributed by atoms with Crippen LogP contribution in [0.2, 0.25) is 10.0 Å². The molecule has 0 unspecified atom stereocenters. The van der Waals surface area contributed by atoms with Crippen LogP contribution in [0.25, 0.3) is 0 Å². The van der Waals surface area contributed by atoms with Crippen LogP contribution in [0.3, 0.4) is 0 Å². The molecule has 0 radical (unpaired) electrons. The molecule has 4 heteroatoms. The molecular formula is C17H20Cl2N2. The van der Waals surface area contributed by atoms with Gasteiger partial charge in [-0.05, 0) is 42.7 Å². The first kappa shape index (κ1) is 15.1. The Labute approximate surface area is 136 Å². The summed E-state index contributed by atoms with van der Waals surface area (Å²) in [5.74, 6) is 0.746. The molecule has 3 rings (SSSR count). The van der Waals surface area contributed by atoms with E-state index in [0.29, 0.717) is 15.5 Å². The van der Waals surface area contributed by atoms with E-state index in [0.717, 1.165) is 17.9 Å². The van der Waals surface area contributed by atoms with E-state index in [4.69, 9.17) is 23.2 Å². The minimum absolute atomic E-state index is 0.193. The quantitative estimate of drug-likeness (QED) is 0.499. The zero-order valence-electron chi connectivity index (χ0n) is 12.7. The molecule has 1 aromatic rings. The van der Waals surface area contributed by atoms with Crippen LogP contribution in [0.5, 0.6) is 0 Å². The van der Waals surface area contributed by atoms with Crippen LogP contribution in [-0.2, 0) is 0 Å². The summed E-state index contributed by atoms with van der Waals surface area (Å²) in [5, 5.41) is 10.0. The largest absolute Gasteiger partial charge is 0.160 e. The van der Waals surface area contributed by atoms with Crippen molar-refractivity contribution in [2.75, 3.05) is 0 Å². The number of halogens is 2. The van der Waals surface area contributed by atoms with Gasteiger partial charge in [-0.25, -0.2) is 0 Å². The molecule has 0 heterocycles. The fourth-order valence-corrected chi connectivity index (χ4v) is 4.30. The molecule has 2 bridgehead atoms. The van der Waals surface area contributed by atoms with Gasteiger partial charge in [-0.15, -0.1) is 0 Å². The number of nitrogens with zero attached hydrogens (tertiary/aromatic N) is 2. The molecule has 0 aromatic heterocycles. The molecule has 0 N–H and O–H groups in total. The van der Waals surface area contributed by atoms with Gasteiger partial charge in [-0.2, -0.15) is 10.2 Å². The molecule has 112 valence electrons. The monoisotopic (exact) mass is 322 g/mol. The van der Waals surface area contributed by atoms with Crippen LogP contribution in [0.1, 0.15) is 45.6 Å². The third kappa shape index (κ3) is 2.33. The van der Waals surface area contributed by atoms with Crippen molar-refractivity contribution in [3.05, 3.63) is 33.8 Å². The maximum atomic E-state index is 6.14. The lowest BCUT2D eigenvalue weighted by Gasteiger charge is -2.34. The van der Waals surface area contributed by atoms with E-state index in [-0.39, 0.29) is 5.41 Å². The smallest absolute Gasteiger partial charge is 0.0583 e. The molecule has 2 saturated carbocycles. The molecule has 0 aliphatic heterocycles. The van der Waals surface area contributed by atoms with E-state index < -0.39 is 0 Å². The molecular weight excluding hydrogens is 303 g/mol. The summed E-state index contributed by atoms with van der Waals surface area (Å²) in [6.07, 6.45) is 5.33. The molecule has 1 aromatic carbocycles. The molecule has 2 atom stereocenters. The zero-order valence-corrected chi connectivity index (χ0v) is 14.2. The lowest BCUT2D eigenvalue weighted by Crippen LogP contribution is -2.32. The van der Waals surface area contributed by atoms with Crippen LogP contribution in [0, 0.1) is 16.7 Å². The first-order chi connectivity index (χ1) is 9.84. The van der Waals surface area contributed by atoms with Crippen LogP contribution >= 0.6 is 23.2 Å². The van der Waals surface area contributed by atoms with E-state index in [1.165, 1.54) is 18.6 Å². The Morgan fingerprint density at radius 2 is 2.00 bits per heavy atom. The summed E-state index contributed by atoms with van der Waals surface area (Å²) < 4.78 is 0. The second kappa shape index (κ2) is 5.10. The van der Waals surface area contributed by atoms with Gasteiger partial charge >= 0.3 is 0 Å². The topological polar surface area (TPSA) is 24.7 Å².